The van der Waals surface area contributed by atoms with Crippen LogP contribution in [0, 0.1) is 18.6 Å². The topological polar surface area (TPSA) is 87.2 Å². The summed E-state index contributed by atoms with van der Waals surface area (Å²) in [5, 5.41) is 3.38. The van der Waals surface area contributed by atoms with Gasteiger partial charge >= 0.3 is 12.2 Å². The highest BCUT2D eigenvalue weighted by molar-refractivity contribution is 5.94. The predicted octanol–water partition coefficient (Wildman–Crippen LogP) is 4.63. The third-order valence-corrected chi connectivity index (χ3v) is 4.92. The van der Waals surface area contributed by atoms with E-state index in [1.807, 2.05) is 0 Å². The highest BCUT2D eigenvalue weighted by atomic mass is 19.4. The molecule has 3 rings (SSSR count). The zero-order valence-corrected chi connectivity index (χ0v) is 18.6. The highest BCUT2D eigenvalue weighted by Gasteiger charge is 2.34. The first-order chi connectivity index (χ1) is 16.5. The van der Waals surface area contributed by atoms with Gasteiger partial charge in [-0.05, 0) is 49.2 Å². The van der Waals surface area contributed by atoms with E-state index in [1.54, 1.807) is 13.8 Å². The number of hydrazine groups is 1. The van der Waals surface area contributed by atoms with Gasteiger partial charge in [0.1, 0.15) is 17.5 Å². The van der Waals surface area contributed by atoms with E-state index in [0.717, 1.165) is 11.1 Å². The molecule has 0 saturated carbocycles. The molecular weight excluding hydrogens is 473 g/mol. The fraction of sp³-hybridized carbons (Fsp3) is 0.217. The Morgan fingerprint density at radius 3 is 2.31 bits per heavy atom. The molecule has 0 fully saturated rings. The van der Waals surface area contributed by atoms with Gasteiger partial charge in [0.05, 0.1) is 11.1 Å². The largest absolute Gasteiger partial charge is 0.417 e. The number of alkyl halides is 3. The van der Waals surface area contributed by atoms with E-state index in [4.69, 9.17) is 0 Å². The minimum Gasteiger partial charge on any atom is -0.332 e. The van der Waals surface area contributed by atoms with Crippen LogP contribution in [-0.2, 0) is 12.7 Å². The Balaban J connectivity index is 1.70. The molecule has 0 saturated heterocycles. The molecule has 12 heteroatoms. The summed E-state index contributed by atoms with van der Waals surface area (Å²) in [6, 6.07) is 4.42. The molecule has 0 spiro atoms. The summed E-state index contributed by atoms with van der Waals surface area (Å²) in [5.74, 6) is -1.97. The number of aromatic nitrogens is 2. The van der Waals surface area contributed by atoms with Gasteiger partial charge in [0, 0.05) is 31.0 Å². The van der Waals surface area contributed by atoms with E-state index in [0.29, 0.717) is 24.0 Å². The van der Waals surface area contributed by atoms with Gasteiger partial charge in [-0.3, -0.25) is 10.2 Å². The Bertz CT molecular complexity index is 1230. The van der Waals surface area contributed by atoms with Crippen molar-refractivity contribution in [3.8, 4) is 11.1 Å². The lowest BCUT2D eigenvalue weighted by molar-refractivity contribution is -0.137. The van der Waals surface area contributed by atoms with Crippen molar-refractivity contribution in [3.63, 3.8) is 0 Å². The normalized spacial score (nSPS) is 11.2. The summed E-state index contributed by atoms with van der Waals surface area (Å²) < 4.78 is 68.1. The second-order valence-electron chi connectivity index (χ2n) is 7.36. The van der Waals surface area contributed by atoms with Crippen molar-refractivity contribution in [2.24, 2.45) is 0 Å². The molecule has 3 amide bonds. The Hall–Kier alpha value is -4.09. The molecule has 184 valence electrons. The number of hydrogen-bond acceptors (Lipinski definition) is 4. The fourth-order valence-electron chi connectivity index (χ4n) is 3.10. The molecule has 3 aromatic rings. The number of nitrogens with one attached hydrogen (secondary N) is 2. The quantitative estimate of drug-likeness (QED) is 0.401. The highest BCUT2D eigenvalue weighted by Crippen LogP contribution is 2.37. The number of rotatable bonds is 5. The molecule has 2 N–H and O–H groups in total. The number of nitrogens with zero attached hydrogens (tertiary/aromatic N) is 3. The first-order valence-corrected chi connectivity index (χ1v) is 10.3. The van der Waals surface area contributed by atoms with Gasteiger partial charge in [0.2, 0.25) is 0 Å². The average molecular weight is 493 g/mol. The van der Waals surface area contributed by atoms with Crippen LogP contribution >= 0.6 is 0 Å². The summed E-state index contributed by atoms with van der Waals surface area (Å²) in [4.78, 5) is 32.5. The Morgan fingerprint density at radius 1 is 1.03 bits per heavy atom. The lowest BCUT2D eigenvalue weighted by Crippen LogP contribution is -2.50. The number of hydrogen-bond donors (Lipinski definition) is 2. The third kappa shape index (κ3) is 6.28. The van der Waals surface area contributed by atoms with Crippen LogP contribution in [-0.4, -0.2) is 33.5 Å². The lowest BCUT2D eigenvalue weighted by atomic mass is 9.97. The van der Waals surface area contributed by atoms with Crippen molar-refractivity contribution >= 4 is 11.9 Å². The second-order valence-corrected chi connectivity index (χ2v) is 7.36. The molecule has 7 nitrogen and oxygen atoms in total. The van der Waals surface area contributed by atoms with Crippen LogP contribution in [0.2, 0.25) is 0 Å². The maximum atomic E-state index is 14.6. The molecule has 35 heavy (non-hydrogen) atoms. The minimum atomic E-state index is -4.76. The molecule has 1 heterocycles. The number of benzene rings is 2. The smallest absolute Gasteiger partial charge is 0.332 e. The molecule has 0 unspecified atom stereocenters. The standard InChI is InChI=1S/C23H20F5N5O2/c1-3-33(32-21(34)16-11-29-13(2)30-12-16)22(35)31-10-15-5-4-14(8-20(15)25)18-9-17(24)6-7-19(18)23(26,27)28/h4-9,11-12H,3,10H2,1-2H3,(H,31,35)(H,32,34). The second kappa shape index (κ2) is 10.5. The van der Waals surface area contributed by atoms with Crippen LogP contribution in [0.25, 0.3) is 11.1 Å². The minimum absolute atomic E-state index is 0.0265. The molecule has 0 aliphatic heterocycles. The molecule has 2 aromatic carbocycles. The molecule has 0 bridgehead atoms. The maximum Gasteiger partial charge on any atom is 0.417 e. The summed E-state index contributed by atoms with van der Waals surface area (Å²) in [6.45, 7) is 3.00. The zero-order chi connectivity index (χ0) is 25.8. The van der Waals surface area contributed by atoms with Crippen molar-refractivity contribution in [2.45, 2.75) is 26.6 Å². The Morgan fingerprint density at radius 2 is 1.71 bits per heavy atom. The summed E-state index contributed by atoms with van der Waals surface area (Å²) in [6.07, 6.45) is -2.17. The molecule has 0 aliphatic carbocycles. The maximum absolute atomic E-state index is 14.6. The predicted molar refractivity (Wildman–Crippen MR) is 116 cm³/mol. The van der Waals surface area contributed by atoms with Gasteiger partial charge in [-0.2, -0.15) is 13.2 Å². The summed E-state index contributed by atoms with van der Waals surface area (Å²) >= 11 is 0. The van der Waals surface area contributed by atoms with E-state index in [-0.39, 0.29) is 29.8 Å². The van der Waals surface area contributed by atoms with Crippen LogP contribution in [0.1, 0.15) is 34.2 Å². The number of urea groups is 1. The number of carbonyl (C=O) groups excluding carboxylic acids is 2. The van der Waals surface area contributed by atoms with Gasteiger partial charge in [-0.15, -0.1) is 0 Å². The van der Waals surface area contributed by atoms with Crippen molar-refractivity contribution in [3.05, 3.63) is 82.9 Å². The molecule has 0 atom stereocenters. The van der Waals surface area contributed by atoms with Crippen molar-refractivity contribution in [1.29, 1.82) is 0 Å². The van der Waals surface area contributed by atoms with Crippen LogP contribution in [0.4, 0.5) is 26.7 Å². The number of amides is 3. The van der Waals surface area contributed by atoms with Crippen LogP contribution in [0.15, 0.2) is 48.8 Å². The van der Waals surface area contributed by atoms with E-state index in [2.05, 4.69) is 20.7 Å². The lowest BCUT2D eigenvalue weighted by Gasteiger charge is -2.22. The van der Waals surface area contributed by atoms with Gasteiger partial charge in [0.25, 0.3) is 5.91 Å². The number of carbonyl (C=O) groups is 2. The van der Waals surface area contributed by atoms with Gasteiger partial charge in [-0.25, -0.2) is 28.6 Å². The van der Waals surface area contributed by atoms with Crippen LogP contribution < -0.4 is 10.7 Å². The SMILES string of the molecule is CCN(NC(=O)c1cnc(C)nc1)C(=O)NCc1ccc(-c2cc(F)ccc2C(F)(F)F)cc1F. The summed E-state index contributed by atoms with van der Waals surface area (Å²) in [5.41, 5.74) is 0.688. The van der Waals surface area contributed by atoms with Crippen molar-refractivity contribution in [2.75, 3.05) is 6.54 Å². The van der Waals surface area contributed by atoms with E-state index >= 15 is 0 Å². The molecular formula is C23H20F5N5O2. The molecule has 0 radical (unpaired) electrons. The van der Waals surface area contributed by atoms with Crippen LogP contribution in [0.3, 0.4) is 0 Å². The monoisotopic (exact) mass is 493 g/mol. The molecule has 1 aromatic heterocycles. The van der Waals surface area contributed by atoms with Gasteiger partial charge < -0.3 is 5.32 Å². The zero-order valence-electron chi connectivity index (χ0n) is 18.6. The fourth-order valence-corrected chi connectivity index (χ4v) is 3.10. The average Bonchev–Trinajstić information content (AvgIpc) is 2.81. The first-order valence-electron chi connectivity index (χ1n) is 10.3. The van der Waals surface area contributed by atoms with Gasteiger partial charge in [0.15, 0.2) is 0 Å². The first kappa shape index (κ1) is 25.5. The van der Waals surface area contributed by atoms with Gasteiger partial charge in [-0.1, -0.05) is 12.1 Å². The van der Waals surface area contributed by atoms with Crippen molar-refractivity contribution < 1.29 is 31.5 Å². The van der Waals surface area contributed by atoms with Crippen LogP contribution in [0.5, 0.6) is 0 Å². The number of aryl methyl sites for hydroxylation is 1. The summed E-state index contributed by atoms with van der Waals surface area (Å²) in [7, 11) is 0. The molecule has 0 aliphatic rings. The van der Waals surface area contributed by atoms with E-state index < -0.39 is 40.9 Å². The Kier molecular flexibility index (Phi) is 7.62. The number of halogens is 5. The third-order valence-electron chi connectivity index (χ3n) is 4.92. The van der Waals surface area contributed by atoms with E-state index in [9.17, 15) is 31.5 Å². The van der Waals surface area contributed by atoms with Crippen molar-refractivity contribution in [1.82, 2.24) is 25.7 Å². The van der Waals surface area contributed by atoms with E-state index in [1.165, 1.54) is 24.5 Å². The Labute approximate surface area is 197 Å².